The molecule has 0 saturated heterocycles. The molecule has 0 saturated carbocycles. The number of nitrogens with one attached hydrogen (secondary N) is 4. The Labute approximate surface area is 205 Å². The second-order valence-corrected chi connectivity index (χ2v) is 9.00. The van der Waals surface area contributed by atoms with E-state index in [1.807, 2.05) is 10.7 Å². The van der Waals surface area contributed by atoms with Gasteiger partial charge in [0.25, 0.3) is 5.91 Å². The first-order valence-corrected chi connectivity index (χ1v) is 10.3. The Morgan fingerprint density at radius 3 is 1.69 bits per heavy atom. The van der Waals surface area contributed by atoms with Crippen LogP contribution in [0.2, 0.25) is 0 Å². The van der Waals surface area contributed by atoms with E-state index < -0.39 is 72.3 Å². The van der Waals surface area contributed by atoms with Crippen LogP contribution in [0.5, 0.6) is 0 Å². The van der Waals surface area contributed by atoms with E-state index in [0.717, 1.165) is 5.43 Å². The summed E-state index contributed by atoms with van der Waals surface area (Å²) >= 11 is 0. The lowest BCUT2D eigenvalue weighted by atomic mass is 10.1. The molecule has 2 atom stereocenters. The van der Waals surface area contributed by atoms with Gasteiger partial charge < -0.3 is 25.0 Å². The van der Waals surface area contributed by atoms with E-state index in [1.54, 1.807) is 41.5 Å². The van der Waals surface area contributed by atoms with Crippen LogP contribution in [-0.2, 0) is 28.7 Å². The van der Waals surface area contributed by atoms with Crippen LogP contribution in [0.4, 0.5) is 18.0 Å². The minimum atomic E-state index is -5.18. The van der Waals surface area contributed by atoms with Crippen LogP contribution >= 0.6 is 0 Å². The third-order valence-corrected chi connectivity index (χ3v) is 3.31. The highest BCUT2D eigenvalue weighted by molar-refractivity contribution is 5.89. The van der Waals surface area contributed by atoms with E-state index in [-0.39, 0.29) is 6.42 Å². The summed E-state index contributed by atoms with van der Waals surface area (Å²) in [6.07, 6.45) is -6.42. The largest absolute Gasteiger partial charge is 0.472 e. The van der Waals surface area contributed by atoms with Crippen molar-refractivity contribution in [2.75, 3.05) is 13.2 Å². The molecule has 0 spiro atoms. The molecule has 0 aliphatic carbocycles. The third-order valence-electron chi connectivity index (χ3n) is 3.31. The highest BCUT2D eigenvalue weighted by Gasteiger charge is 2.39. The molecule has 0 aliphatic heterocycles. The van der Waals surface area contributed by atoms with Gasteiger partial charge >= 0.3 is 24.1 Å². The summed E-state index contributed by atoms with van der Waals surface area (Å²) in [6, 6.07) is -1.59. The van der Waals surface area contributed by atoms with Crippen molar-refractivity contribution in [3.8, 4) is 0 Å². The third kappa shape index (κ3) is 17.3. The number of esters is 1. The molecule has 0 unspecified atom stereocenters. The summed E-state index contributed by atoms with van der Waals surface area (Å²) in [5.74, 6) is -0.732. The molecule has 17 heteroatoms. The number of halogens is 3. The predicted molar refractivity (Wildman–Crippen MR) is 116 cm³/mol. The average molecular weight is 534 g/mol. The number of amides is 4. The zero-order valence-corrected chi connectivity index (χ0v) is 20.7. The van der Waals surface area contributed by atoms with Crippen molar-refractivity contribution in [2.24, 2.45) is 11.8 Å². The smallest absolute Gasteiger partial charge is 0.460 e. The second-order valence-electron chi connectivity index (χ2n) is 9.00. The Kier molecular flexibility index (Phi) is 14.6. The fourth-order valence-electron chi connectivity index (χ4n) is 1.86. The lowest BCUT2D eigenvalue weighted by Gasteiger charge is -2.22. The number of aliphatic hydroxyl groups is 2. The number of carbonyl (C=O) groups excluding carboxylic acids is 5. The first kappa shape index (κ1) is 35.0. The Morgan fingerprint density at radius 1 is 0.833 bits per heavy atom. The molecule has 4 amide bonds. The Morgan fingerprint density at radius 2 is 1.33 bits per heavy atom. The van der Waals surface area contributed by atoms with Gasteiger partial charge in [-0.25, -0.2) is 10.6 Å². The zero-order chi connectivity index (χ0) is 28.9. The van der Waals surface area contributed by atoms with Crippen molar-refractivity contribution in [3.05, 3.63) is 0 Å². The number of hydrogen-bond donors (Lipinski definition) is 7. The van der Waals surface area contributed by atoms with E-state index in [1.165, 1.54) is 5.43 Å². The molecule has 0 bridgehead atoms. The first-order chi connectivity index (χ1) is 16.2. The number of hydrogen-bond acceptors (Lipinski definition) is 10. The van der Waals surface area contributed by atoms with Crippen molar-refractivity contribution in [3.63, 3.8) is 0 Å². The highest BCUT2D eigenvalue weighted by atomic mass is 19.4. The summed E-state index contributed by atoms with van der Waals surface area (Å²) in [4.78, 5) is 55.5. The molecule has 0 heterocycles. The number of ether oxygens (including phenoxy) is 2. The van der Waals surface area contributed by atoms with E-state index in [4.69, 9.17) is 25.5 Å². The van der Waals surface area contributed by atoms with Crippen LogP contribution in [0.3, 0.4) is 0 Å². The Bertz CT molecular complexity index is 765. The fourth-order valence-corrected chi connectivity index (χ4v) is 1.86. The second kappa shape index (κ2) is 15.0. The van der Waals surface area contributed by atoms with Crippen LogP contribution in [0.25, 0.3) is 0 Å². The number of nitrogens with two attached hydrogens (primary N) is 1. The van der Waals surface area contributed by atoms with Gasteiger partial charge in [-0.05, 0) is 41.5 Å². The van der Waals surface area contributed by atoms with Crippen LogP contribution in [0.1, 0.15) is 48.0 Å². The van der Waals surface area contributed by atoms with Crippen molar-refractivity contribution < 1.29 is 56.8 Å². The molecular weight excluding hydrogens is 499 g/mol. The molecule has 0 aromatic carbocycles. The number of carbonyl (C=O) groups is 5. The molecule has 0 radical (unpaired) electrons. The van der Waals surface area contributed by atoms with E-state index in [0.29, 0.717) is 0 Å². The Hall–Kier alpha value is -3.18. The highest BCUT2D eigenvalue weighted by Crippen LogP contribution is 2.13. The van der Waals surface area contributed by atoms with Crippen LogP contribution < -0.4 is 27.4 Å². The van der Waals surface area contributed by atoms with Gasteiger partial charge in [0.1, 0.15) is 17.2 Å². The van der Waals surface area contributed by atoms with Gasteiger partial charge in [-0.3, -0.25) is 35.5 Å². The summed E-state index contributed by atoms with van der Waals surface area (Å²) in [7, 11) is 0. The van der Waals surface area contributed by atoms with E-state index in [2.05, 4.69) is 0 Å². The summed E-state index contributed by atoms with van der Waals surface area (Å²) in [6.45, 7) is 8.46. The maximum atomic E-state index is 11.9. The van der Waals surface area contributed by atoms with E-state index >= 15 is 0 Å². The van der Waals surface area contributed by atoms with Crippen molar-refractivity contribution in [1.29, 1.82) is 0 Å². The lowest BCUT2D eigenvalue weighted by Crippen LogP contribution is -2.56. The normalized spacial score (nSPS) is 13.1. The first-order valence-electron chi connectivity index (χ1n) is 10.3. The van der Waals surface area contributed by atoms with Gasteiger partial charge in [0.15, 0.2) is 0 Å². The van der Waals surface area contributed by atoms with Gasteiger partial charge in [0.05, 0.1) is 25.6 Å². The maximum absolute atomic E-state index is 11.9. The minimum absolute atomic E-state index is 0.184. The monoisotopic (exact) mass is 533 g/mol. The van der Waals surface area contributed by atoms with Crippen LogP contribution in [0, 0.1) is 5.92 Å². The van der Waals surface area contributed by atoms with Crippen molar-refractivity contribution >= 4 is 29.8 Å². The zero-order valence-electron chi connectivity index (χ0n) is 20.7. The summed E-state index contributed by atoms with van der Waals surface area (Å²) in [5.41, 5.74) is 2.92. The number of rotatable bonds is 7. The predicted octanol–water partition coefficient (Wildman–Crippen LogP) is -1.10. The molecule has 0 aromatic rings. The lowest BCUT2D eigenvalue weighted by molar-refractivity contribution is -0.175. The van der Waals surface area contributed by atoms with Gasteiger partial charge in [-0.2, -0.15) is 13.2 Å². The topological polar surface area (TPSA) is 218 Å². The number of alkyl halides is 3. The molecule has 8 N–H and O–H groups in total. The number of hydrazine groups is 2. The fraction of sp³-hybridized carbons (Fsp3) is 0.737. The van der Waals surface area contributed by atoms with E-state index in [9.17, 15) is 37.1 Å². The molecule has 14 nitrogen and oxygen atoms in total. The van der Waals surface area contributed by atoms with Gasteiger partial charge in [-0.15, -0.1) is 0 Å². The molecular formula is C19H34F3N5O9. The van der Waals surface area contributed by atoms with Gasteiger partial charge in [0.2, 0.25) is 5.91 Å². The maximum Gasteiger partial charge on any atom is 0.472 e. The standard InChI is InChI=1S/C10H16F3N3O5.C9H18N2O4/c1-9(2,3)21-8(20)14-5(4-17)6(18)15-16-7(19)10(11,12)13;1-9(2,3)15-7(13)4-6(5-12)8(14)11-10/h5,17H,4H2,1-3H3,(H,14,20)(H,15,18)(H,16,19);6,12H,4-5,10H2,1-3H3,(H,11,14)/t5-;6-/m00/s1. The van der Waals surface area contributed by atoms with Gasteiger partial charge in [0, 0.05) is 0 Å². The summed E-state index contributed by atoms with van der Waals surface area (Å²) in [5, 5.41) is 19.7. The van der Waals surface area contributed by atoms with Crippen molar-refractivity contribution in [1.82, 2.24) is 21.6 Å². The quantitative estimate of drug-likeness (QED) is 0.0906. The van der Waals surface area contributed by atoms with Crippen LogP contribution in [0.15, 0.2) is 0 Å². The molecule has 0 aromatic heterocycles. The number of aliphatic hydroxyl groups excluding tert-OH is 2. The van der Waals surface area contributed by atoms with Crippen LogP contribution in [-0.4, -0.2) is 76.6 Å². The molecule has 36 heavy (non-hydrogen) atoms. The molecule has 210 valence electrons. The van der Waals surface area contributed by atoms with Gasteiger partial charge in [-0.1, -0.05) is 0 Å². The Balaban J connectivity index is 0. The average Bonchev–Trinajstić information content (AvgIpc) is 2.70. The molecule has 0 fully saturated rings. The van der Waals surface area contributed by atoms with Crippen molar-refractivity contribution in [2.45, 2.75) is 71.4 Å². The summed E-state index contributed by atoms with van der Waals surface area (Å²) < 4.78 is 45.4. The number of alkyl carbamates (subject to hydrolysis) is 1. The minimum Gasteiger partial charge on any atom is -0.460 e. The SMILES string of the molecule is CC(C)(C)OC(=O)C[C@@H](CO)C(=O)NN.CC(C)(C)OC(=O)N[C@@H](CO)C(=O)NNC(=O)C(F)(F)F. The molecule has 0 aliphatic rings. The molecule has 0 rings (SSSR count).